The average Bonchev–Trinajstić information content (AvgIpc) is 3.54. The Balaban J connectivity index is 4.02. The van der Waals surface area contributed by atoms with Gasteiger partial charge in [0.05, 0.1) is 40.3 Å². The number of allylic oxidation sites excluding steroid dienone is 22. The van der Waals surface area contributed by atoms with Crippen LogP contribution < -0.4 is 5.11 Å². The first kappa shape index (κ1) is 90.4. The van der Waals surface area contributed by atoms with Crippen LogP contribution in [0.5, 0.6) is 0 Å². The molecule has 0 aliphatic heterocycles. The summed E-state index contributed by atoms with van der Waals surface area (Å²) < 4.78 is 22.9. The molecule has 0 heterocycles. The molecule has 544 valence electrons. The average molecular weight is 1320 g/mol. The number of ether oxygens (including phenoxy) is 4. The summed E-state index contributed by atoms with van der Waals surface area (Å²) in [7, 11) is 5.94. The second kappa shape index (κ2) is 75.2. The number of esters is 2. The van der Waals surface area contributed by atoms with Gasteiger partial charge in [0, 0.05) is 12.8 Å². The van der Waals surface area contributed by atoms with Gasteiger partial charge in [-0.05, 0) is 109 Å². The molecule has 0 bridgehead atoms. The van der Waals surface area contributed by atoms with E-state index in [2.05, 4.69) is 148 Å². The number of carboxylic acid groups (broad SMARTS) is 1. The first-order chi connectivity index (χ1) is 46.6. The number of rotatable bonds is 72. The van der Waals surface area contributed by atoms with Crippen molar-refractivity contribution in [2.45, 2.75) is 347 Å². The van der Waals surface area contributed by atoms with E-state index in [0.717, 1.165) is 103 Å². The summed E-state index contributed by atoms with van der Waals surface area (Å²) in [4.78, 5) is 37.6. The monoisotopic (exact) mass is 1320 g/mol. The third-order valence-electron chi connectivity index (χ3n) is 16.9. The summed E-state index contributed by atoms with van der Waals surface area (Å²) in [6, 6.07) is 0. The number of likely N-dealkylation sites (N-methyl/N-ethyl adjacent to an activating group) is 1. The lowest BCUT2D eigenvalue weighted by Gasteiger charge is -2.26. The molecule has 0 aromatic rings. The first-order valence-electron chi connectivity index (χ1n) is 39.3. The topological polar surface area (TPSA) is 111 Å². The zero-order valence-corrected chi connectivity index (χ0v) is 62.3. The van der Waals surface area contributed by atoms with Crippen molar-refractivity contribution >= 4 is 17.9 Å². The fourth-order valence-electron chi connectivity index (χ4n) is 11.0. The van der Waals surface area contributed by atoms with E-state index in [9.17, 15) is 19.5 Å². The molecule has 0 radical (unpaired) electrons. The largest absolute Gasteiger partial charge is 0.545 e. The number of unbranched alkanes of at least 4 members (excludes halogenated alkanes) is 35. The molecular weight excluding hydrogens is 1170 g/mol. The minimum absolute atomic E-state index is 0.145. The van der Waals surface area contributed by atoms with Crippen LogP contribution in [0, 0.1) is 0 Å². The lowest BCUT2D eigenvalue weighted by molar-refractivity contribution is -0.870. The lowest BCUT2D eigenvalue weighted by atomic mass is 10.0. The molecule has 0 aliphatic carbocycles. The Hall–Kier alpha value is -4.57. The molecule has 2 unspecified atom stereocenters. The number of quaternary nitrogens is 1. The van der Waals surface area contributed by atoms with Crippen LogP contribution in [0.3, 0.4) is 0 Å². The molecule has 2 atom stereocenters. The van der Waals surface area contributed by atoms with Crippen molar-refractivity contribution in [2.24, 2.45) is 0 Å². The highest BCUT2D eigenvalue weighted by atomic mass is 16.7. The van der Waals surface area contributed by atoms with E-state index in [0.29, 0.717) is 17.4 Å². The smallest absolute Gasteiger partial charge is 0.306 e. The van der Waals surface area contributed by atoms with Crippen LogP contribution in [0.15, 0.2) is 134 Å². The Morgan fingerprint density at radius 1 is 0.316 bits per heavy atom. The highest BCUT2D eigenvalue weighted by molar-refractivity contribution is 5.70. The molecule has 0 rings (SSSR count). The van der Waals surface area contributed by atoms with Crippen molar-refractivity contribution in [3.05, 3.63) is 134 Å². The number of carboxylic acids is 1. The van der Waals surface area contributed by atoms with Gasteiger partial charge in [-0.25, -0.2) is 0 Å². The molecule has 0 saturated carbocycles. The maximum absolute atomic E-state index is 13.0. The SMILES string of the molecule is CC/C=C\C/C=C\C/C=C\C/C=C\C/C=C\C/C=C\C/C=C\CCCCCCCCCCCCCCCCCCCCCC(=O)OC(COC(=O)CCCCCCCCCCCCCCCCCC/C=C\C/C=C\C/C=C\C/C=C\CC)COC(OCC[N+](C)(C)C)C(=O)[O-]. The number of carbonyl (C=O) groups is 3. The maximum atomic E-state index is 13.0. The quantitative estimate of drug-likeness (QED) is 0.0195. The van der Waals surface area contributed by atoms with Crippen molar-refractivity contribution in [2.75, 3.05) is 47.5 Å². The maximum Gasteiger partial charge on any atom is 0.306 e. The summed E-state index contributed by atoms with van der Waals surface area (Å²) in [6.45, 7) is 4.55. The number of hydrogen-bond acceptors (Lipinski definition) is 8. The first-order valence-corrected chi connectivity index (χ1v) is 39.3. The van der Waals surface area contributed by atoms with Crippen LogP contribution in [0.1, 0.15) is 335 Å². The molecule has 0 aliphatic rings. The van der Waals surface area contributed by atoms with Gasteiger partial charge in [-0.3, -0.25) is 9.59 Å². The Labute approximate surface area is 586 Å². The van der Waals surface area contributed by atoms with Crippen molar-refractivity contribution in [3.63, 3.8) is 0 Å². The van der Waals surface area contributed by atoms with E-state index in [4.69, 9.17) is 18.9 Å². The van der Waals surface area contributed by atoms with E-state index < -0.39 is 24.3 Å². The molecule has 0 N–H and O–H groups in total. The fraction of sp³-hybridized carbons (Fsp3) is 0.709. The standard InChI is InChI=1S/C86H147NO8/c1-6-8-10-12-14-16-18-20-22-24-26-28-30-32-34-36-37-38-39-40-41-42-43-44-45-46-47-49-51-53-55-57-59-61-63-65-67-69-71-73-75-77-84(89)95-82(81-94-86(85(90)91)92-79-78-87(3,4)5)80-93-83(88)76-74-72-70-68-66-64-62-60-58-56-54-52-50-48-35-33-31-29-27-25-23-21-19-17-15-13-11-9-7-2/h8-11,14-17,20-23,26-29,32,34,37-38,40-41,82,86H,6-7,12-13,18-19,24-25,30-31,33,35-36,39,42-81H2,1-5H3/b10-8-,11-9-,16-14-,17-15-,22-20-,23-21-,28-26-,29-27-,34-32-,38-37-,41-40-. The van der Waals surface area contributed by atoms with Crippen molar-refractivity contribution in [3.8, 4) is 0 Å². The molecule has 0 aromatic carbocycles. The van der Waals surface area contributed by atoms with Crippen LogP contribution in [0.2, 0.25) is 0 Å². The Morgan fingerprint density at radius 2 is 0.568 bits per heavy atom. The Morgan fingerprint density at radius 3 is 0.842 bits per heavy atom. The van der Waals surface area contributed by atoms with Crippen LogP contribution >= 0.6 is 0 Å². The summed E-state index contributed by atoms with van der Waals surface area (Å²) in [6.07, 6.45) is 106. The summed E-state index contributed by atoms with van der Waals surface area (Å²) in [5.41, 5.74) is 0. The van der Waals surface area contributed by atoms with E-state index in [1.807, 2.05) is 21.1 Å². The predicted molar refractivity (Wildman–Crippen MR) is 407 cm³/mol. The van der Waals surface area contributed by atoms with Crippen LogP contribution in [0.4, 0.5) is 0 Å². The molecule has 9 heteroatoms. The van der Waals surface area contributed by atoms with Gasteiger partial charge >= 0.3 is 11.9 Å². The highest BCUT2D eigenvalue weighted by Crippen LogP contribution is 2.18. The van der Waals surface area contributed by atoms with Gasteiger partial charge in [-0.15, -0.1) is 0 Å². The number of carbonyl (C=O) groups excluding carboxylic acids is 3. The molecule has 9 nitrogen and oxygen atoms in total. The Kier molecular flexibility index (Phi) is 71.6. The summed E-state index contributed by atoms with van der Waals surface area (Å²) in [5.74, 6) is -2.27. The minimum Gasteiger partial charge on any atom is -0.545 e. The zero-order chi connectivity index (χ0) is 69.0. The normalized spacial score (nSPS) is 13.4. The minimum atomic E-state index is -1.63. The molecule has 0 spiro atoms. The second-order valence-corrected chi connectivity index (χ2v) is 27.2. The highest BCUT2D eigenvalue weighted by Gasteiger charge is 2.22. The van der Waals surface area contributed by atoms with E-state index in [1.165, 1.54) is 199 Å². The number of aliphatic carboxylic acids is 1. The third-order valence-corrected chi connectivity index (χ3v) is 16.9. The van der Waals surface area contributed by atoms with Gasteiger partial charge in [0.25, 0.3) is 0 Å². The van der Waals surface area contributed by atoms with Gasteiger partial charge in [0.15, 0.2) is 12.4 Å². The van der Waals surface area contributed by atoms with Crippen molar-refractivity contribution in [1.82, 2.24) is 0 Å². The molecule has 0 aromatic heterocycles. The predicted octanol–water partition coefficient (Wildman–Crippen LogP) is 23.9. The molecule has 95 heavy (non-hydrogen) atoms. The van der Waals surface area contributed by atoms with E-state index >= 15 is 0 Å². The van der Waals surface area contributed by atoms with E-state index in [-0.39, 0.29) is 38.6 Å². The molecule has 0 fully saturated rings. The van der Waals surface area contributed by atoms with Crippen molar-refractivity contribution in [1.29, 1.82) is 0 Å². The fourth-order valence-corrected chi connectivity index (χ4v) is 11.0. The molecule has 0 amide bonds. The van der Waals surface area contributed by atoms with Gasteiger partial charge < -0.3 is 33.3 Å². The van der Waals surface area contributed by atoms with Crippen LogP contribution in [-0.2, 0) is 33.3 Å². The molecular formula is C86H147NO8. The van der Waals surface area contributed by atoms with Gasteiger partial charge in [-0.2, -0.15) is 0 Å². The van der Waals surface area contributed by atoms with Crippen LogP contribution in [-0.4, -0.2) is 82.3 Å². The van der Waals surface area contributed by atoms with Crippen molar-refractivity contribution < 1.29 is 42.9 Å². The summed E-state index contributed by atoms with van der Waals surface area (Å²) in [5, 5.41) is 11.9. The van der Waals surface area contributed by atoms with Gasteiger partial charge in [-0.1, -0.05) is 347 Å². The lowest BCUT2D eigenvalue weighted by Crippen LogP contribution is -2.44. The summed E-state index contributed by atoms with van der Waals surface area (Å²) >= 11 is 0. The van der Waals surface area contributed by atoms with Gasteiger partial charge in [0.2, 0.25) is 0 Å². The Bertz CT molecular complexity index is 2030. The molecule has 0 saturated heterocycles. The number of nitrogens with zero attached hydrogens (tertiary/aromatic N) is 1. The zero-order valence-electron chi connectivity index (χ0n) is 62.3. The second-order valence-electron chi connectivity index (χ2n) is 27.2. The van der Waals surface area contributed by atoms with Gasteiger partial charge in [0.1, 0.15) is 13.2 Å². The van der Waals surface area contributed by atoms with Crippen LogP contribution in [0.25, 0.3) is 0 Å². The number of hydrogen-bond donors (Lipinski definition) is 0. The van der Waals surface area contributed by atoms with E-state index in [1.54, 1.807) is 0 Å². The third kappa shape index (κ3) is 76.7.